The molecule has 0 atom stereocenters. The molecule has 2 nitrogen and oxygen atoms in total. The van der Waals surface area contributed by atoms with E-state index in [0.717, 1.165) is 30.8 Å². The van der Waals surface area contributed by atoms with E-state index in [2.05, 4.69) is 12.6 Å². The summed E-state index contributed by atoms with van der Waals surface area (Å²) < 4.78 is 1.83. The first-order valence-electron chi connectivity index (χ1n) is 4.01. The molecule has 0 saturated carbocycles. The highest BCUT2D eigenvalue weighted by Crippen LogP contribution is 2.02. The number of aryl methyl sites for hydroxylation is 1. The summed E-state index contributed by atoms with van der Waals surface area (Å²) in [5, 5.41) is 1.91. The lowest BCUT2D eigenvalue weighted by molar-refractivity contribution is 0.614. The third-order valence-electron chi connectivity index (χ3n) is 1.77. The Balaban J connectivity index is 2.56. The predicted molar refractivity (Wildman–Crippen MR) is 56.4 cm³/mol. The maximum atomic E-state index is 11.2. The van der Waals surface area contributed by atoms with Crippen LogP contribution in [0.3, 0.4) is 0 Å². The number of hydrogen-bond acceptors (Lipinski definition) is 3. The molecular formula is C8H13NOS2. The zero-order valence-corrected chi connectivity index (χ0v) is 8.83. The Hall–Kier alpha value is -0.220. The van der Waals surface area contributed by atoms with Gasteiger partial charge in [0.05, 0.1) is 0 Å². The van der Waals surface area contributed by atoms with Crippen LogP contribution in [0.2, 0.25) is 0 Å². The van der Waals surface area contributed by atoms with Crippen LogP contribution < -0.4 is 4.87 Å². The smallest absolute Gasteiger partial charge is 0.303 e. The zero-order valence-electron chi connectivity index (χ0n) is 7.12. The molecule has 0 bridgehead atoms. The number of nitrogens with zero attached hydrogens (tertiary/aromatic N) is 1. The normalized spacial score (nSPS) is 10.5. The van der Waals surface area contributed by atoms with Crippen LogP contribution in [-0.2, 0) is 6.54 Å². The minimum atomic E-state index is 0.159. The summed E-state index contributed by atoms with van der Waals surface area (Å²) in [7, 11) is 0. The fourth-order valence-corrected chi connectivity index (χ4v) is 2.04. The third-order valence-corrected chi connectivity index (χ3v) is 2.96. The van der Waals surface area contributed by atoms with Crippen molar-refractivity contribution in [1.82, 2.24) is 4.57 Å². The number of aromatic nitrogens is 1. The second-order valence-electron chi connectivity index (χ2n) is 2.73. The van der Waals surface area contributed by atoms with Gasteiger partial charge in [0.2, 0.25) is 0 Å². The van der Waals surface area contributed by atoms with Gasteiger partial charge in [-0.15, -0.1) is 0 Å². The van der Waals surface area contributed by atoms with E-state index in [4.69, 9.17) is 0 Å². The molecular weight excluding hydrogens is 190 g/mol. The molecule has 0 amide bonds. The van der Waals surface area contributed by atoms with Crippen molar-refractivity contribution in [2.75, 3.05) is 5.75 Å². The maximum Gasteiger partial charge on any atom is 0.307 e. The van der Waals surface area contributed by atoms with Gasteiger partial charge in [0.25, 0.3) is 0 Å². The Morgan fingerprint density at radius 3 is 2.83 bits per heavy atom. The Bertz CT molecular complexity index is 289. The first-order chi connectivity index (χ1) is 5.75. The highest BCUT2D eigenvalue weighted by atomic mass is 32.1. The van der Waals surface area contributed by atoms with E-state index in [1.165, 1.54) is 11.3 Å². The summed E-state index contributed by atoms with van der Waals surface area (Å²) in [6.45, 7) is 2.81. The van der Waals surface area contributed by atoms with Crippen LogP contribution in [0, 0.1) is 6.92 Å². The molecule has 0 aliphatic carbocycles. The molecule has 0 N–H and O–H groups in total. The molecule has 0 aromatic carbocycles. The van der Waals surface area contributed by atoms with E-state index in [1.54, 1.807) is 0 Å². The van der Waals surface area contributed by atoms with Gasteiger partial charge in [-0.1, -0.05) is 11.3 Å². The summed E-state index contributed by atoms with van der Waals surface area (Å²) in [4.78, 5) is 11.4. The topological polar surface area (TPSA) is 22.0 Å². The molecule has 0 radical (unpaired) electrons. The average molecular weight is 203 g/mol. The number of thiol groups is 1. The Morgan fingerprint density at radius 2 is 2.33 bits per heavy atom. The summed E-state index contributed by atoms with van der Waals surface area (Å²) in [6.07, 6.45) is 2.12. The lowest BCUT2D eigenvalue weighted by Crippen LogP contribution is -2.14. The first-order valence-corrected chi connectivity index (χ1v) is 5.52. The van der Waals surface area contributed by atoms with Gasteiger partial charge in [0.15, 0.2) is 0 Å². The van der Waals surface area contributed by atoms with Crippen molar-refractivity contribution in [3.05, 3.63) is 20.7 Å². The number of hydrogen-bond donors (Lipinski definition) is 1. The first kappa shape index (κ1) is 9.86. The predicted octanol–water partition coefficient (Wildman–Crippen LogP) is 1.93. The Kier molecular flexibility index (Phi) is 3.88. The third kappa shape index (κ3) is 2.38. The van der Waals surface area contributed by atoms with Gasteiger partial charge in [-0.2, -0.15) is 12.6 Å². The summed E-state index contributed by atoms with van der Waals surface area (Å²) in [6, 6.07) is 0. The van der Waals surface area contributed by atoms with E-state index >= 15 is 0 Å². The fraction of sp³-hybridized carbons (Fsp3) is 0.625. The van der Waals surface area contributed by atoms with Crippen molar-refractivity contribution >= 4 is 24.0 Å². The van der Waals surface area contributed by atoms with Gasteiger partial charge < -0.3 is 4.57 Å². The minimum Gasteiger partial charge on any atom is -0.303 e. The summed E-state index contributed by atoms with van der Waals surface area (Å²) >= 11 is 5.40. The van der Waals surface area contributed by atoms with E-state index in [0.29, 0.717) is 0 Å². The lowest BCUT2D eigenvalue weighted by Gasteiger charge is -2.01. The van der Waals surface area contributed by atoms with Crippen LogP contribution in [-0.4, -0.2) is 10.3 Å². The van der Waals surface area contributed by atoms with Crippen molar-refractivity contribution in [2.45, 2.75) is 26.3 Å². The number of thiazole rings is 1. The largest absolute Gasteiger partial charge is 0.307 e. The molecule has 1 aromatic rings. The van der Waals surface area contributed by atoms with Crippen molar-refractivity contribution in [1.29, 1.82) is 0 Å². The SMILES string of the molecule is Cc1csc(=O)n1CCCCS. The van der Waals surface area contributed by atoms with Crippen LogP contribution in [0.15, 0.2) is 10.2 Å². The summed E-state index contributed by atoms with van der Waals surface area (Å²) in [5.74, 6) is 0.901. The van der Waals surface area contributed by atoms with Gasteiger partial charge in [0.1, 0.15) is 0 Å². The Labute approximate surface area is 81.6 Å². The molecule has 4 heteroatoms. The van der Waals surface area contributed by atoms with Gasteiger partial charge in [-0.3, -0.25) is 4.79 Å². The fourth-order valence-electron chi connectivity index (χ4n) is 1.06. The second-order valence-corrected chi connectivity index (χ2v) is 3.99. The minimum absolute atomic E-state index is 0.159. The van der Waals surface area contributed by atoms with Gasteiger partial charge in [0, 0.05) is 17.6 Å². The van der Waals surface area contributed by atoms with Crippen LogP contribution in [0.4, 0.5) is 0 Å². The monoisotopic (exact) mass is 203 g/mol. The second kappa shape index (κ2) is 4.72. The molecule has 0 fully saturated rings. The van der Waals surface area contributed by atoms with Crippen LogP contribution >= 0.6 is 24.0 Å². The maximum absolute atomic E-state index is 11.2. The lowest BCUT2D eigenvalue weighted by atomic mass is 10.3. The van der Waals surface area contributed by atoms with Gasteiger partial charge in [-0.05, 0) is 25.5 Å². The highest BCUT2D eigenvalue weighted by Gasteiger charge is 2.00. The molecule has 0 spiro atoms. The van der Waals surface area contributed by atoms with E-state index < -0.39 is 0 Å². The number of rotatable bonds is 4. The van der Waals surface area contributed by atoms with Crippen molar-refractivity contribution in [3.8, 4) is 0 Å². The molecule has 68 valence electrons. The highest BCUT2D eigenvalue weighted by molar-refractivity contribution is 7.80. The Morgan fingerprint density at radius 1 is 1.58 bits per heavy atom. The molecule has 0 unspecified atom stereocenters. The van der Waals surface area contributed by atoms with Crippen LogP contribution in [0.25, 0.3) is 0 Å². The van der Waals surface area contributed by atoms with Crippen molar-refractivity contribution in [3.63, 3.8) is 0 Å². The molecule has 0 saturated heterocycles. The van der Waals surface area contributed by atoms with E-state index in [1.807, 2.05) is 16.9 Å². The van der Waals surface area contributed by atoms with Crippen molar-refractivity contribution < 1.29 is 0 Å². The van der Waals surface area contributed by atoms with Crippen molar-refractivity contribution in [2.24, 2.45) is 0 Å². The van der Waals surface area contributed by atoms with Gasteiger partial charge in [-0.25, -0.2) is 0 Å². The number of unbranched alkanes of at least 4 members (excludes halogenated alkanes) is 1. The molecule has 1 heterocycles. The quantitative estimate of drug-likeness (QED) is 0.586. The van der Waals surface area contributed by atoms with Crippen LogP contribution in [0.5, 0.6) is 0 Å². The summed E-state index contributed by atoms with van der Waals surface area (Å²) in [5.41, 5.74) is 1.07. The van der Waals surface area contributed by atoms with Gasteiger partial charge >= 0.3 is 4.87 Å². The molecule has 12 heavy (non-hydrogen) atoms. The van der Waals surface area contributed by atoms with Crippen LogP contribution in [0.1, 0.15) is 18.5 Å². The molecule has 0 aliphatic rings. The zero-order chi connectivity index (χ0) is 8.97. The standard InChI is InChI=1S/C8H13NOS2/c1-7-6-12-8(10)9(7)4-2-3-5-11/h6,11H,2-5H2,1H3. The van der Waals surface area contributed by atoms with E-state index in [-0.39, 0.29) is 4.87 Å². The molecule has 1 rings (SSSR count). The average Bonchev–Trinajstić information content (AvgIpc) is 2.35. The van der Waals surface area contributed by atoms with E-state index in [9.17, 15) is 4.79 Å². The molecule has 1 aromatic heterocycles. The molecule has 0 aliphatic heterocycles.